The summed E-state index contributed by atoms with van der Waals surface area (Å²) < 4.78 is 11.2. The van der Waals surface area contributed by atoms with Crippen molar-refractivity contribution < 1.29 is 14.3 Å². The van der Waals surface area contributed by atoms with Crippen LogP contribution in [0.15, 0.2) is 84.9 Å². The molecule has 6 heteroatoms. The number of ether oxygens (including phenoxy) is 2. The number of carbonyl (C=O) groups excluding carboxylic acids is 1. The first-order valence-electron chi connectivity index (χ1n) is 11.7. The van der Waals surface area contributed by atoms with Gasteiger partial charge in [-0.05, 0) is 42.7 Å². The Balaban J connectivity index is 1.81. The van der Waals surface area contributed by atoms with E-state index in [0.717, 1.165) is 22.6 Å². The summed E-state index contributed by atoms with van der Waals surface area (Å²) in [6.45, 7) is 6.89. The molecule has 4 rings (SSSR count). The largest absolute Gasteiger partial charge is 0.493 e. The zero-order valence-electron chi connectivity index (χ0n) is 20.2. The number of nitrogens with one attached hydrogen (secondary N) is 1. The fourth-order valence-electron chi connectivity index (χ4n) is 3.64. The predicted molar refractivity (Wildman–Crippen MR) is 139 cm³/mol. The van der Waals surface area contributed by atoms with Crippen LogP contribution in [0.3, 0.4) is 0 Å². The summed E-state index contributed by atoms with van der Waals surface area (Å²) in [5.74, 6) is 1.09. The summed E-state index contributed by atoms with van der Waals surface area (Å²) in [4.78, 5) is 13.3. The molecule has 1 aromatic heterocycles. The van der Waals surface area contributed by atoms with Crippen molar-refractivity contribution in [3.8, 4) is 28.1 Å². The number of carbonyl (C=O) groups is 1. The number of anilines is 2. The Kier molecular flexibility index (Phi) is 7.73. The first-order chi connectivity index (χ1) is 17.1. The van der Waals surface area contributed by atoms with E-state index in [4.69, 9.17) is 9.47 Å². The van der Waals surface area contributed by atoms with Gasteiger partial charge in [-0.2, -0.15) is 0 Å². The van der Waals surface area contributed by atoms with Crippen molar-refractivity contribution in [3.63, 3.8) is 0 Å². The third kappa shape index (κ3) is 5.84. The molecule has 0 aliphatic rings. The van der Waals surface area contributed by atoms with Crippen LogP contribution in [0, 0.1) is 5.92 Å². The lowest BCUT2D eigenvalue weighted by molar-refractivity contribution is 0.0528. The number of benzene rings is 3. The molecule has 3 aromatic carbocycles. The van der Waals surface area contributed by atoms with Gasteiger partial charge in [0.25, 0.3) is 0 Å². The number of aromatic nitrogens is 2. The molecule has 0 spiro atoms. The minimum absolute atomic E-state index is 0.247. The van der Waals surface area contributed by atoms with Crippen LogP contribution in [-0.2, 0) is 4.74 Å². The Labute approximate surface area is 206 Å². The van der Waals surface area contributed by atoms with Crippen molar-refractivity contribution in [2.75, 3.05) is 18.5 Å². The van der Waals surface area contributed by atoms with Gasteiger partial charge >= 0.3 is 5.97 Å². The van der Waals surface area contributed by atoms with Gasteiger partial charge in [0.15, 0.2) is 5.82 Å². The number of rotatable bonds is 9. The fraction of sp³-hybridized carbons (Fsp3) is 0.207. The van der Waals surface area contributed by atoms with E-state index in [-0.39, 0.29) is 6.61 Å². The first kappa shape index (κ1) is 24.0. The zero-order chi connectivity index (χ0) is 24.6. The highest BCUT2D eigenvalue weighted by atomic mass is 16.5. The lowest BCUT2D eigenvalue weighted by atomic mass is 9.95. The Morgan fingerprint density at radius 1 is 0.857 bits per heavy atom. The molecule has 35 heavy (non-hydrogen) atoms. The third-order valence-electron chi connectivity index (χ3n) is 5.26. The molecular formula is C29H29N3O3. The van der Waals surface area contributed by atoms with E-state index < -0.39 is 5.97 Å². The molecule has 0 aliphatic heterocycles. The quantitative estimate of drug-likeness (QED) is 0.274. The molecule has 0 saturated carbocycles. The van der Waals surface area contributed by atoms with E-state index in [2.05, 4.69) is 29.4 Å². The van der Waals surface area contributed by atoms with Crippen molar-refractivity contribution in [3.05, 3.63) is 90.5 Å². The van der Waals surface area contributed by atoms with Crippen LogP contribution >= 0.6 is 0 Å². The summed E-state index contributed by atoms with van der Waals surface area (Å²) in [7, 11) is 0. The Morgan fingerprint density at radius 2 is 1.49 bits per heavy atom. The smallest absolute Gasteiger partial charge is 0.342 e. The standard InChI is InChI=1S/C29H29N3O3/c1-4-34-29(33)26-25(21-11-7-5-8-12-21)27(22-13-9-6-10-14-22)31-32-28(26)30-23-15-17-24(18-16-23)35-19-20(2)3/h5-18,20H,4,19H2,1-3H3,(H,30,32). The first-order valence-corrected chi connectivity index (χ1v) is 11.7. The number of nitrogens with zero attached hydrogens (tertiary/aromatic N) is 2. The Hall–Kier alpha value is -4.19. The molecule has 178 valence electrons. The second-order valence-electron chi connectivity index (χ2n) is 8.45. The minimum atomic E-state index is -0.460. The Bertz CT molecular complexity index is 1260. The van der Waals surface area contributed by atoms with Gasteiger partial charge in [-0.15, -0.1) is 10.2 Å². The molecule has 0 amide bonds. The second-order valence-corrected chi connectivity index (χ2v) is 8.45. The van der Waals surface area contributed by atoms with Crippen LogP contribution in [0.5, 0.6) is 5.75 Å². The van der Waals surface area contributed by atoms with Crippen LogP contribution in [0.1, 0.15) is 31.1 Å². The normalized spacial score (nSPS) is 10.7. The van der Waals surface area contributed by atoms with Gasteiger partial charge in [-0.3, -0.25) is 0 Å². The topological polar surface area (TPSA) is 73.3 Å². The summed E-state index contributed by atoms with van der Waals surface area (Å²) in [6.07, 6.45) is 0. The molecule has 0 unspecified atom stereocenters. The van der Waals surface area contributed by atoms with Crippen molar-refractivity contribution in [1.82, 2.24) is 10.2 Å². The summed E-state index contributed by atoms with van der Waals surface area (Å²) >= 11 is 0. The van der Waals surface area contributed by atoms with Crippen molar-refractivity contribution in [2.45, 2.75) is 20.8 Å². The number of esters is 1. The lowest BCUT2D eigenvalue weighted by Gasteiger charge is -2.17. The van der Waals surface area contributed by atoms with E-state index in [9.17, 15) is 4.79 Å². The molecule has 6 nitrogen and oxygen atoms in total. The summed E-state index contributed by atoms with van der Waals surface area (Å²) in [6, 6.07) is 27.0. The summed E-state index contributed by atoms with van der Waals surface area (Å²) in [5.41, 5.74) is 4.10. The average molecular weight is 468 g/mol. The molecule has 1 N–H and O–H groups in total. The molecule has 0 saturated heterocycles. The van der Waals surface area contributed by atoms with Crippen molar-refractivity contribution in [2.24, 2.45) is 5.92 Å². The average Bonchev–Trinajstić information content (AvgIpc) is 2.89. The number of hydrogen-bond acceptors (Lipinski definition) is 6. The summed E-state index contributed by atoms with van der Waals surface area (Å²) in [5, 5.41) is 12.2. The van der Waals surface area contributed by atoms with Gasteiger partial charge in [0.1, 0.15) is 17.0 Å². The molecule has 0 bridgehead atoms. The van der Waals surface area contributed by atoms with Crippen LogP contribution < -0.4 is 10.1 Å². The van der Waals surface area contributed by atoms with Gasteiger partial charge < -0.3 is 14.8 Å². The highest BCUT2D eigenvalue weighted by Crippen LogP contribution is 2.37. The zero-order valence-corrected chi connectivity index (χ0v) is 20.2. The van der Waals surface area contributed by atoms with E-state index in [0.29, 0.717) is 35.2 Å². The van der Waals surface area contributed by atoms with Gasteiger partial charge in [-0.25, -0.2) is 4.79 Å². The van der Waals surface area contributed by atoms with Gasteiger partial charge in [0.05, 0.1) is 13.2 Å². The SMILES string of the molecule is CCOC(=O)c1c(Nc2ccc(OCC(C)C)cc2)nnc(-c2ccccc2)c1-c1ccccc1. The van der Waals surface area contributed by atoms with Crippen LogP contribution in [0.2, 0.25) is 0 Å². The molecule has 1 heterocycles. The molecule has 4 aromatic rings. The lowest BCUT2D eigenvalue weighted by Crippen LogP contribution is -2.13. The van der Waals surface area contributed by atoms with Crippen LogP contribution in [-0.4, -0.2) is 29.4 Å². The van der Waals surface area contributed by atoms with E-state index in [1.807, 2.05) is 84.9 Å². The molecule has 0 atom stereocenters. The maximum Gasteiger partial charge on any atom is 0.342 e. The minimum Gasteiger partial charge on any atom is -0.493 e. The van der Waals surface area contributed by atoms with E-state index >= 15 is 0 Å². The molecule has 0 aliphatic carbocycles. The van der Waals surface area contributed by atoms with Gasteiger partial charge in [0, 0.05) is 16.8 Å². The second kappa shape index (κ2) is 11.3. The maximum atomic E-state index is 13.3. The molecule has 0 radical (unpaired) electrons. The van der Waals surface area contributed by atoms with Crippen LogP contribution in [0.25, 0.3) is 22.4 Å². The van der Waals surface area contributed by atoms with E-state index in [1.165, 1.54) is 0 Å². The predicted octanol–water partition coefficient (Wildman–Crippen LogP) is 6.77. The van der Waals surface area contributed by atoms with Crippen molar-refractivity contribution in [1.29, 1.82) is 0 Å². The highest BCUT2D eigenvalue weighted by molar-refractivity contribution is 6.05. The monoisotopic (exact) mass is 467 g/mol. The van der Waals surface area contributed by atoms with Crippen LogP contribution in [0.4, 0.5) is 11.5 Å². The highest BCUT2D eigenvalue weighted by Gasteiger charge is 2.25. The Morgan fingerprint density at radius 3 is 2.09 bits per heavy atom. The van der Waals surface area contributed by atoms with Gasteiger partial charge in [-0.1, -0.05) is 74.5 Å². The van der Waals surface area contributed by atoms with E-state index in [1.54, 1.807) is 6.92 Å². The van der Waals surface area contributed by atoms with Crippen molar-refractivity contribution >= 4 is 17.5 Å². The third-order valence-corrected chi connectivity index (χ3v) is 5.26. The molecule has 0 fully saturated rings. The molecular weight excluding hydrogens is 438 g/mol. The van der Waals surface area contributed by atoms with Gasteiger partial charge in [0.2, 0.25) is 0 Å². The fourth-order valence-corrected chi connectivity index (χ4v) is 3.64. The number of hydrogen-bond donors (Lipinski definition) is 1. The maximum absolute atomic E-state index is 13.3.